The Morgan fingerprint density at radius 1 is 1.47 bits per heavy atom. The van der Waals surface area contributed by atoms with Crippen LogP contribution in [0.2, 0.25) is 0 Å². The van der Waals surface area contributed by atoms with Gasteiger partial charge < -0.3 is 15.4 Å². The minimum atomic E-state index is -0.124. The second-order valence-electron chi connectivity index (χ2n) is 4.07. The monoisotopic (exact) mass is 235 g/mol. The molecule has 2 heterocycles. The molecular weight excluding hydrogens is 218 g/mol. The van der Waals surface area contributed by atoms with Crippen LogP contribution in [0.5, 0.6) is 0 Å². The van der Waals surface area contributed by atoms with Crippen molar-refractivity contribution in [1.29, 1.82) is 0 Å². The van der Waals surface area contributed by atoms with E-state index in [0.29, 0.717) is 6.54 Å². The van der Waals surface area contributed by atoms with E-state index in [1.807, 2.05) is 12.1 Å². The number of hydrogen-bond donors (Lipinski definition) is 2. The number of urea groups is 1. The molecule has 1 aromatic rings. The van der Waals surface area contributed by atoms with Crippen LogP contribution in [0, 0.1) is 0 Å². The van der Waals surface area contributed by atoms with Crippen LogP contribution in [0.15, 0.2) is 24.5 Å². The molecule has 92 valence electrons. The van der Waals surface area contributed by atoms with E-state index in [1.165, 1.54) is 0 Å². The molecule has 17 heavy (non-hydrogen) atoms. The first kappa shape index (κ1) is 11.9. The van der Waals surface area contributed by atoms with Crippen molar-refractivity contribution in [2.24, 2.45) is 0 Å². The summed E-state index contributed by atoms with van der Waals surface area (Å²) in [5.74, 6) is 0. The fourth-order valence-corrected chi connectivity index (χ4v) is 1.76. The van der Waals surface area contributed by atoms with Gasteiger partial charge in [0.2, 0.25) is 0 Å². The molecule has 5 nitrogen and oxygen atoms in total. The summed E-state index contributed by atoms with van der Waals surface area (Å²) in [6.07, 6.45) is 5.24. The Hall–Kier alpha value is -1.62. The maximum Gasteiger partial charge on any atom is 0.315 e. The number of carbonyl (C=O) groups excluding carboxylic acids is 1. The molecule has 1 saturated heterocycles. The van der Waals surface area contributed by atoms with Gasteiger partial charge in [-0.05, 0) is 24.5 Å². The molecule has 0 spiro atoms. The Labute approximate surface area is 101 Å². The Morgan fingerprint density at radius 2 is 2.29 bits per heavy atom. The van der Waals surface area contributed by atoms with E-state index in [-0.39, 0.29) is 12.1 Å². The Bertz CT molecular complexity index is 350. The van der Waals surface area contributed by atoms with Gasteiger partial charge in [0.25, 0.3) is 0 Å². The van der Waals surface area contributed by atoms with E-state index in [9.17, 15) is 4.79 Å². The molecular formula is C12H17N3O2. The first-order valence-corrected chi connectivity index (χ1v) is 5.85. The lowest BCUT2D eigenvalue weighted by molar-refractivity contribution is 0.0801. The third-order valence-electron chi connectivity index (χ3n) is 2.73. The third kappa shape index (κ3) is 4.03. The minimum absolute atomic E-state index is 0.124. The van der Waals surface area contributed by atoms with E-state index >= 15 is 0 Å². The smallest absolute Gasteiger partial charge is 0.315 e. The largest absolute Gasteiger partial charge is 0.381 e. The van der Waals surface area contributed by atoms with Gasteiger partial charge in [-0.3, -0.25) is 4.98 Å². The van der Waals surface area contributed by atoms with E-state index in [1.54, 1.807) is 12.4 Å². The predicted molar refractivity (Wildman–Crippen MR) is 63.4 cm³/mol. The molecule has 1 fully saturated rings. The van der Waals surface area contributed by atoms with Gasteiger partial charge in [0.1, 0.15) is 0 Å². The molecule has 1 aliphatic heterocycles. The van der Waals surface area contributed by atoms with Crippen molar-refractivity contribution >= 4 is 6.03 Å². The van der Waals surface area contributed by atoms with Gasteiger partial charge in [-0.2, -0.15) is 0 Å². The van der Waals surface area contributed by atoms with E-state index in [4.69, 9.17) is 4.74 Å². The molecule has 5 heteroatoms. The predicted octanol–water partition coefficient (Wildman–Crippen LogP) is 1.06. The number of nitrogens with zero attached hydrogens (tertiary/aromatic N) is 1. The Kier molecular flexibility index (Phi) is 4.32. The zero-order valence-corrected chi connectivity index (χ0v) is 9.69. The topological polar surface area (TPSA) is 63.2 Å². The number of aromatic nitrogens is 1. The van der Waals surface area contributed by atoms with Gasteiger partial charge in [-0.1, -0.05) is 6.07 Å². The highest BCUT2D eigenvalue weighted by atomic mass is 16.5. The van der Waals surface area contributed by atoms with Crippen LogP contribution in [0.3, 0.4) is 0 Å². The quantitative estimate of drug-likeness (QED) is 0.823. The second kappa shape index (κ2) is 6.20. The van der Waals surface area contributed by atoms with Crippen molar-refractivity contribution in [3.05, 3.63) is 30.1 Å². The molecule has 0 radical (unpaired) electrons. The van der Waals surface area contributed by atoms with Crippen molar-refractivity contribution in [1.82, 2.24) is 15.6 Å². The lowest BCUT2D eigenvalue weighted by Crippen LogP contribution is -2.44. The fourth-order valence-electron chi connectivity index (χ4n) is 1.76. The minimum Gasteiger partial charge on any atom is -0.381 e. The number of pyridine rings is 1. The van der Waals surface area contributed by atoms with Crippen molar-refractivity contribution in [2.45, 2.75) is 25.4 Å². The van der Waals surface area contributed by atoms with Gasteiger partial charge in [-0.15, -0.1) is 0 Å². The summed E-state index contributed by atoms with van der Waals surface area (Å²) in [5, 5.41) is 5.75. The summed E-state index contributed by atoms with van der Waals surface area (Å²) in [6.45, 7) is 1.96. The van der Waals surface area contributed by atoms with Crippen LogP contribution in [0.1, 0.15) is 18.4 Å². The summed E-state index contributed by atoms with van der Waals surface area (Å²) in [7, 11) is 0. The molecule has 0 unspecified atom stereocenters. The first-order valence-electron chi connectivity index (χ1n) is 5.85. The van der Waals surface area contributed by atoms with Crippen molar-refractivity contribution in [2.75, 3.05) is 13.2 Å². The van der Waals surface area contributed by atoms with E-state index in [0.717, 1.165) is 31.6 Å². The number of amides is 2. The van der Waals surface area contributed by atoms with Crippen LogP contribution in [-0.4, -0.2) is 30.3 Å². The third-order valence-corrected chi connectivity index (χ3v) is 2.73. The summed E-state index contributed by atoms with van der Waals surface area (Å²) < 4.78 is 5.23. The lowest BCUT2D eigenvalue weighted by atomic mass is 10.1. The van der Waals surface area contributed by atoms with Crippen LogP contribution in [-0.2, 0) is 11.3 Å². The first-order chi connectivity index (χ1) is 8.34. The number of ether oxygens (including phenoxy) is 1. The molecule has 0 bridgehead atoms. The van der Waals surface area contributed by atoms with Gasteiger partial charge >= 0.3 is 6.03 Å². The molecule has 2 rings (SSSR count). The molecule has 2 N–H and O–H groups in total. The highest BCUT2D eigenvalue weighted by molar-refractivity contribution is 5.74. The molecule has 0 atom stereocenters. The average molecular weight is 235 g/mol. The zero-order chi connectivity index (χ0) is 11.9. The molecule has 1 aromatic heterocycles. The number of rotatable bonds is 3. The van der Waals surface area contributed by atoms with Crippen LogP contribution in [0.25, 0.3) is 0 Å². The SMILES string of the molecule is O=C(NCc1cccnc1)NC1CCOCC1. The van der Waals surface area contributed by atoms with E-state index < -0.39 is 0 Å². The van der Waals surface area contributed by atoms with Crippen molar-refractivity contribution < 1.29 is 9.53 Å². The molecule has 1 aliphatic rings. The van der Waals surface area contributed by atoms with Crippen LogP contribution < -0.4 is 10.6 Å². The lowest BCUT2D eigenvalue weighted by Gasteiger charge is -2.23. The molecule has 2 amide bonds. The van der Waals surface area contributed by atoms with Gasteiger partial charge in [0.05, 0.1) is 0 Å². The average Bonchev–Trinajstić information content (AvgIpc) is 2.39. The van der Waals surface area contributed by atoms with Crippen LogP contribution >= 0.6 is 0 Å². The number of hydrogen-bond acceptors (Lipinski definition) is 3. The van der Waals surface area contributed by atoms with E-state index in [2.05, 4.69) is 15.6 Å². The van der Waals surface area contributed by atoms with Crippen molar-refractivity contribution in [3.8, 4) is 0 Å². The van der Waals surface area contributed by atoms with Crippen LogP contribution in [0.4, 0.5) is 4.79 Å². The van der Waals surface area contributed by atoms with Crippen molar-refractivity contribution in [3.63, 3.8) is 0 Å². The maximum absolute atomic E-state index is 11.6. The summed E-state index contributed by atoms with van der Waals surface area (Å²) in [5.41, 5.74) is 0.995. The van der Waals surface area contributed by atoms with Gasteiger partial charge in [-0.25, -0.2) is 4.79 Å². The van der Waals surface area contributed by atoms with Gasteiger partial charge in [0, 0.05) is 38.2 Å². The number of carbonyl (C=O) groups is 1. The molecule has 0 aliphatic carbocycles. The Morgan fingerprint density at radius 3 is 3.00 bits per heavy atom. The van der Waals surface area contributed by atoms with Gasteiger partial charge in [0.15, 0.2) is 0 Å². The standard InChI is InChI=1S/C12H17N3O2/c16-12(15-11-3-6-17-7-4-11)14-9-10-2-1-5-13-8-10/h1-2,5,8,11H,3-4,6-7,9H2,(H2,14,15,16). The highest BCUT2D eigenvalue weighted by Crippen LogP contribution is 2.05. The maximum atomic E-state index is 11.6. The Balaban J connectivity index is 1.70. The number of nitrogens with one attached hydrogen (secondary N) is 2. The summed E-state index contributed by atoms with van der Waals surface area (Å²) in [6, 6.07) is 3.90. The fraction of sp³-hybridized carbons (Fsp3) is 0.500. The molecule has 0 saturated carbocycles. The summed E-state index contributed by atoms with van der Waals surface area (Å²) >= 11 is 0. The zero-order valence-electron chi connectivity index (χ0n) is 9.69. The normalized spacial score (nSPS) is 16.5. The second-order valence-corrected chi connectivity index (χ2v) is 4.07. The molecule has 0 aromatic carbocycles. The summed E-state index contributed by atoms with van der Waals surface area (Å²) in [4.78, 5) is 15.6. The highest BCUT2D eigenvalue weighted by Gasteiger charge is 2.15.